The maximum Gasteiger partial charge on any atom is 0.224 e. The fourth-order valence-electron chi connectivity index (χ4n) is 3.31. The Morgan fingerprint density at radius 3 is 2.26 bits per heavy atom. The number of carbonyl (C=O) groups excluding carboxylic acids is 1. The molecule has 2 rings (SSSR count). The van der Waals surface area contributed by atoms with Gasteiger partial charge < -0.3 is 10.6 Å². The fourth-order valence-corrected chi connectivity index (χ4v) is 3.31. The van der Waals surface area contributed by atoms with Gasteiger partial charge in [-0.25, -0.2) is 0 Å². The first-order chi connectivity index (χ1) is 9.11. The highest BCUT2D eigenvalue weighted by Gasteiger charge is 2.32. The smallest absolute Gasteiger partial charge is 0.224 e. The lowest BCUT2D eigenvalue weighted by molar-refractivity contribution is -0.133. The molecule has 0 bridgehead atoms. The Morgan fingerprint density at radius 2 is 1.74 bits per heavy atom. The molecule has 0 aliphatic carbocycles. The molecule has 0 aromatic carbocycles. The lowest BCUT2D eigenvalue weighted by Gasteiger charge is -2.31. The highest BCUT2D eigenvalue weighted by molar-refractivity contribution is 5.77. The second-order valence-corrected chi connectivity index (χ2v) is 6.44. The van der Waals surface area contributed by atoms with Crippen molar-refractivity contribution in [3.63, 3.8) is 0 Å². The molecule has 2 saturated heterocycles. The summed E-state index contributed by atoms with van der Waals surface area (Å²) in [5.41, 5.74) is 5.91. The van der Waals surface area contributed by atoms with Crippen LogP contribution < -0.4 is 5.73 Å². The molecular formula is C15H29N3O. The van der Waals surface area contributed by atoms with Gasteiger partial charge in [0.05, 0.1) is 0 Å². The summed E-state index contributed by atoms with van der Waals surface area (Å²) in [6, 6.07) is 0.238. The predicted octanol–water partition coefficient (Wildman–Crippen LogP) is 1.30. The van der Waals surface area contributed by atoms with Crippen LogP contribution in [-0.2, 0) is 4.79 Å². The van der Waals surface area contributed by atoms with E-state index < -0.39 is 0 Å². The monoisotopic (exact) mass is 267 g/mol. The van der Waals surface area contributed by atoms with E-state index in [1.807, 2.05) is 4.90 Å². The van der Waals surface area contributed by atoms with Crippen molar-refractivity contribution in [3.05, 3.63) is 0 Å². The van der Waals surface area contributed by atoms with Gasteiger partial charge in [-0.15, -0.1) is 0 Å². The second-order valence-electron chi connectivity index (χ2n) is 6.44. The highest BCUT2D eigenvalue weighted by atomic mass is 16.2. The van der Waals surface area contributed by atoms with E-state index in [1.165, 1.54) is 6.42 Å². The van der Waals surface area contributed by atoms with Crippen LogP contribution in [0.25, 0.3) is 0 Å². The molecule has 4 nitrogen and oxygen atoms in total. The minimum atomic E-state index is 0.238. The lowest BCUT2D eigenvalue weighted by atomic mass is 10.0. The van der Waals surface area contributed by atoms with E-state index in [9.17, 15) is 4.79 Å². The quantitative estimate of drug-likeness (QED) is 0.835. The first-order valence-electron chi connectivity index (χ1n) is 7.83. The van der Waals surface area contributed by atoms with Crippen LogP contribution in [0.2, 0.25) is 0 Å². The van der Waals surface area contributed by atoms with E-state index in [4.69, 9.17) is 5.73 Å². The highest BCUT2D eigenvalue weighted by Crippen LogP contribution is 2.25. The number of nitrogens with zero attached hydrogens (tertiary/aromatic N) is 2. The second kappa shape index (κ2) is 6.71. The number of rotatable bonds is 4. The Kier molecular flexibility index (Phi) is 5.22. The van der Waals surface area contributed by atoms with Gasteiger partial charge in [-0.05, 0) is 31.1 Å². The van der Waals surface area contributed by atoms with Crippen molar-refractivity contribution in [2.24, 2.45) is 17.6 Å². The van der Waals surface area contributed by atoms with Gasteiger partial charge in [0.25, 0.3) is 0 Å². The summed E-state index contributed by atoms with van der Waals surface area (Å²) < 4.78 is 0. The summed E-state index contributed by atoms with van der Waals surface area (Å²) in [7, 11) is 0. The fraction of sp³-hybridized carbons (Fsp3) is 0.933. The first-order valence-corrected chi connectivity index (χ1v) is 7.83. The van der Waals surface area contributed by atoms with Gasteiger partial charge in [-0.3, -0.25) is 9.69 Å². The third-order valence-electron chi connectivity index (χ3n) is 4.92. The van der Waals surface area contributed by atoms with Crippen molar-refractivity contribution < 1.29 is 4.79 Å². The predicted molar refractivity (Wildman–Crippen MR) is 77.8 cm³/mol. The molecule has 0 saturated carbocycles. The zero-order chi connectivity index (χ0) is 13.8. The van der Waals surface area contributed by atoms with Crippen LogP contribution in [-0.4, -0.2) is 54.5 Å². The van der Waals surface area contributed by atoms with E-state index >= 15 is 0 Å². The molecule has 3 unspecified atom stereocenters. The maximum absolute atomic E-state index is 12.3. The molecule has 0 radical (unpaired) electrons. The van der Waals surface area contributed by atoms with Crippen LogP contribution >= 0.6 is 0 Å². The number of carbonyl (C=O) groups is 1. The number of hydrogen-bond donors (Lipinski definition) is 1. The Bertz CT molecular complexity index is 292. The molecule has 110 valence electrons. The molecule has 2 aliphatic rings. The first kappa shape index (κ1) is 14.8. The number of amides is 1. The normalized spacial score (nSPS) is 30.6. The van der Waals surface area contributed by atoms with Gasteiger partial charge in [0, 0.05) is 45.2 Å². The van der Waals surface area contributed by atoms with E-state index in [0.29, 0.717) is 18.9 Å². The number of nitrogens with two attached hydrogens (primary N) is 1. The molecule has 0 aromatic rings. The number of piperidine rings is 1. The summed E-state index contributed by atoms with van der Waals surface area (Å²) in [6.07, 6.45) is 4.20. The summed E-state index contributed by atoms with van der Waals surface area (Å²) in [6.45, 7) is 9.27. The standard InChI is InChI=1S/C15H29N3O/c1-12-10-18(11-13(12)2)14(9-16)8-15(19)17-6-4-3-5-7-17/h12-14H,3-11,16H2,1-2H3. The molecular weight excluding hydrogens is 238 g/mol. The van der Waals surface area contributed by atoms with Crippen molar-refractivity contribution in [1.29, 1.82) is 0 Å². The minimum Gasteiger partial charge on any atom is -0.343 e. The van der Waals surface area contributed by atoms with Crippen molar-refractivity contribution in [3.8, 4) is 0 Å². The lowest BCUT2D eigenvalue weighted by Crippen LogP contribution is -2.45. The molecule has 2 aliphatic heterocycles. The summed E-state index contributed by atoms with van der Waals surface area (Å²) in [5, 5.41) is 0. The molecule has 1 amide bonds. The van der Waals surface area contributed by atoms with Gasteiger partial charge >= 0.3 is 0 Å². The molecule has 4 heteroatoms. The van der Waals surface area contributed by atoms with Crippen LogP contribution in [0.3, 0.4) is 0 Å². The van der Waals surface area contributed by atoms with E-state index in [1.54, 1.807) is 0 Å². The Morgan fingerprint density at radius 1 is 1.16 bits per heavy atom. The average molecular weight is 267 g/mol. The number of hydrogen-bond acceptors (Lipinski definition) is 3. The minimum absolute atomic E-state index is 0.238. The van der Waals surface area contributed by atoms with Gasteiger partial charge in [0.15, 0.2) is 0 Å². The molecule has 0 spiro atoms. The van der Waals surface area contributed by atoms with Crippen LogP contribution in [0.1, 0.15) is 39.5 Å². The Hall–Kier alpha value is -0.610. The summed E-state index contributed by atoms with van der Waals surface area (Å²) >= 11 is 0. The molecule has 2 fully saturated rings. The van der Waals surface area contributed by atoms with Crippen LogP contribution in [0.5, 0.6) is 0 Å². The van der Waals surface area contributed by atoms with Gasteiger partial charge in [0.2, 0.25) is 5.91 Å². The van der Waals surface area contributed by atoms with Gasteiger partial charge in [-0.2, -0.15) is 0 Å². The Labute approximate surface area is 117 Å². The SMILES string of the molecule is CC1CN(C(CN)CC(=O)N2CCCCC2)CC1C. The summed E-state index contributed by atoms with van der Waals surface area (Å²) in [5.74, 6) is 1.75. The average Bonchev–Trinajstić information content (AvgIpc) is 2.76. The molecule has 19 heavy (non-hydrogen) atoms. The van der Waals surface area contributed by atoms with E-state index in [0.717, 1.165) is 50.9 Å². The van der Waals surface area contributed by atoms with Crippen LogP contribution in [0.15, 0.2) is 0 Å². The topological polar surface area (TPSA) is 49.6 Å². The molecule has 0 aromatic heterocycles. The number of likely N-dealkylation sites (tertiary alicyclic amines) is 2. The van der Waals surface area contributed by atoms with E-state index in [-0.39, 0.29) is 6.04 Å². The van der Waals surface area contributed by atoms with Crippen molar-refractivity contribution in [1.82, 2.24) is 9.80 Å². The largest absolute Gasteiger partial charge is 0.343 e. The molecule has 2 heterocycles. The molecule has 2 N–H and O–H groups in total. The van der Waals surface area contributed by atoms with Gasteiger partial charge in [0.1, 0.15) is 0 Å². The third-order valence-corrected chi connectivity index (χ3v) is 4.92. The Balaban J connectivity index is 1.86. The van der Waals surface area contributed by atoms with Crippen molar-refractivity contribution in [2.45, 2.75) is 45.6 Å². The van der Waals surface area contributed by atoms with Crippen molar-refractivity contribution in [2.75, 3.05) is 32.7 Å². The zero-order valence-electron chi connectivity index (χ0n) is 12.5. The summed E-state index contributed by atoms with van der Waals surface area (Å²) in [4.78, 5) is 16.8. The van der Waals surface area contributed by atoms with E-state index in [2.05, 4.69) is 18.7 Å². The van der Waals surface area contributed by atoms with Crippen LogP contribution in [0, 0.1) is 11.8 Å². The maximum atomic E-state index is 12.3. The van der Waals surface area contributed by atoms with Gasteiger partial charge in [-0.1, -0.05) is 13.8 Å². The molecule has 3 atom stereocenters. The zero-order valence-corrected chi connectivity index (χ0v) is 12.5. The van der Waals surface area contributed by atoms with Crippen molar-refractivity contribution >= 4 is 5.91 Å². The van der Waals surface area contributed by atoms with Crippen LogP contribution in [0.4, 0.5) is 0 Å². The third kappa shape index (κ3) is 3.69.